The SMILES string of the molecule is CCCCOc1ccc(-n2c(N)c(C(=O)NCCc3ccc(OC)c(OC)c3)c3nc4ccccc4nc32)cc1. The highest BCUT2D eigenvalue weighted by Gasteiger charge is 2.24. The Morgan fingerprint density at radius 1 is 0.950 bits per heavy atom. The van der Waals surface area contributed by atoms with Crippen LogP contribution in [0.15, 0.2) is 66.7 Å². The molecule has 0 bridgehead atoms. The fraction of sp³-hybridized carbons (Fsp3) is 0.258. The van der Waals surface area contributed by atoms with Crippen LogP contribution in [0, 0.1) is 0 Å². The van der Waals surface area contributed by atoms with Gasteiger partial charge in [0.1, 0.15) is 22.6 Å². The smallest absolute Gasteiger partial charge is 0.257 e. The first-order valence-electron chi connectivity index (χ1n) is 13.3. The summed E-state index contributed by atoms with van der Waals surface area (Å²) in [5, 5.41) is 3.01. The Balaban J connectivity index is 1.46. The van der Waals surface area contributed by atoms with E-state index in [2.05, 4.69) is 12.2 Å². The summed E-state index contributed by atoms with van der Waals surface area (Å²) in [5.74, 6) is 2.03. The van der Waals surface area contributed by atoms with Gasteiger partial charge in [-0.3, -0.25) is 9.36 Å². The zero-order chi connectivity index (χ0) is 28.1. The van der Waals surface area contributed by atoms with Crippen LogP contribution in [0.25, 0.3) is 27.9 Å². The maximum atomic E-state index is 13.5. The fourth-order valence-electron chi connectivity index (χ4n) is 4.62. The number of hydrogen-bond acceptors (Lipinski definition) is 7. The van der Waals surface area contributed by atoms with Gasteiger partial charge in [-0.25, -0.2) is 9.97 Å². The summed E-state index contributed by atoms with van der Waals surface area (Å²) in [5.41, 5.74) is 11.1. The van der Waals surface area contributed by atoms with Crippen LogP contribution in [-0.2, 0) is 6.42 Å². The fourth-order valence-corrected chi connectivity index (χ4v) is 4.62. The summed E-state index contributed by atoms with van der Waals surface area (Å²) in [6.07, 6.45) is 2.65. The molecule has 5 aromatic rings. The molecule has 40 heavy (non-hydrogen) atoms. The zero-order valence-electron chi connectivity index (χ0n) is 22.9. The number of nitrogen functional groups attached to an aromatic ring is 1. The maximum absolute atomic E-state index is 13.5. The number of hydrogen-bond donors (Lipinski definition) is 2. The molecule has 0 aliphatic rings. The number of anilines is 1. The van der Waals surface area contributed by atoms with Crippen LogP contribution in [0.5, 0.6) is 17.2 Å². The summed E-state index contributed by atoms with van der Waals surface area (Å²) in [4.78, 5) is 23.2. The van der Waals surface area contributed by atoms with Crippen LogP contribution in [-0.4, -0.2) is 47.8 Å². The van der Waals surface area contributed by atoms with Gasteiger partial charge in [0.25, 0.3) is 5.91 Å². The van der Waals surface area contributed by atoms with E-state index in [0.717, 1.165) is 29.8 Å². The summed E-state index contributed by atoms with van der Waals surface area (Å²) >= 11 is 0. The molecule has 0 radical (unpaired) electrons. The minimum Gasteiger partial charge on any atom is -0.494 e. The number of ether oxygens (including phenoxy) is 3. The largest absolute Gasteiger partial charge is 0.494 e. The van der Waals surface area contributed by atoms with Gasteiger partial charge in [0.2, 0.25) is 0 Å². The quantitative estimate of drug-likeness (QED) is 0.218. The average Bonchev–Trinajstić information content (AvgIpc) is 3.26. The minimum atomic E-state index is -0.314. The lowest BCUT2D eigenvalue weighted by Gasteiger charge is -2.11. The van der Waals surface area contributed by atoms with Crippen molar-refractivity contribution in [1.82, 2.24) is 19.9 Å². The lowest BCUT2D eigenvalue weighted by Crippen LogP contribution is -2.26. The average molecular weight is 540 g/mol. The predicted molar refractivity (Wildman–Crippen MR) is 157 cm³/mol. The van der Waals surface area contributed by atoms with E-state index >= 15 is 0 Å². The molecule has 0 aliphatic heterocycles. The van der Waals surface area contributed by atoms with Crippen LogP contribution in [0.2, 0.25) is 0 Å². The van der Waals surface area contributed by atoms with Gasteiger partial charge in [-0.2, -0.15) is 0 Å². The standard InChI is InChI=1S/C31H33N5O4/c1-4-5-18-40-22-13-11-21(12-14-22)36-29(32)27(28-30(36)35-24-9-7-6-8-23(24)34-28)31(37)33-17-16-20-10-15-25(38-2)26(19-20)39-3/h6-15,19H,4-5,16-18,32H2,1-3H3,(H,33,37). The molecule has 9 nitrogen and oxygen atoms in total. The highest BCUT2D eigenvalue weighted by molar-refractivity contribution is 6.11. The number of rotatable bonds is 11. The molecule has 2 heterocycles. The molecule has 0 fully saturated rings. The van der Waals surface area contributed by atoms with Gasteiger partial charge in [0.05, 0.1) is 31.9 Å². The minimum absolute atomic E-state index is 0.272. The Kier molecular flexibility index (Phi) is 8.00. The summed E-state index contributed by atoms with van der Waals surface area (Å²) in [6, 6.07) is 20.9. The van der Waals surface area contributed by atoms with Crippen LogP contribution in [0.3, 0.4) is 0 Å². The molecule has 5 rings (SSSR count). The van der Waals surface area contributed by atoms with Crippen molar-refractivity contribution in [2.45, 2.75) is 26.2 Å². The molecule has 206 valence electrons. The molecule has 0 atom stereocenters. The number of nitrogens with two attached hydrogens (primary N) is 1. The van der Waals surface area contributed by atoms with Gasteiger partial charge in [-0.05, 0) is 66.9 Å². The van der Waals surface area contributed by atoms with E-state index < -0.39 is 0 Å². The van der Waals surface area contributed by atoms with E-state index in [0.29, 0.717) is 58.8 Å². The van der Waals surface area contributed by atoms with E-state index in [1.165, 1.54) is 0 Å². The molecule has 0 aliphatic carbocycles. The molecular weight excluding hydrogens is 506 g/mol. The molecule has 0 saturated carbocycles. The van der Waals surface area contributed by atoms with Crippen molar-refractivity contribution in [3.05, 3.63) is 77.9 Å². The number of nitrogens with one attached hydrogen (secondary N) is 1. The number of para-hydroxylation sites is 2. The third-order valence-corrected chi connectivity index (χ3v) is 6.73. The van der Waals surface area contributed by atoms with Crippen molar-refractivity contribution < 1.29 is 19.0 Å². The second-order valence-corrected chi connectivity index (χ2v) is 9.37. The van der Waals surface area contributed by atoms with E-state index in [-0.39, 0.29) is 11.7 Å². The van der Waals surface area contributed by atoms with Crippen LogP contribution in [0.4, 0.5) is 5.82 Å². The number of amides is 1. The molecule has 2 aromatic heterocycles. The molecule has 0 saturated heterocycles. The monoisotopic (exact) mass is 539 g/mol. The normalized spacial score (nSPS) is 11.1. The lowest BCUT2D eigenvalue weighted by atomic mass is 10.1. The molecule has 9 heteroatoms. The molecular formula is C31H33N5O4. The molecule has 3 aromatic carbocycles. The highest BCUT2D eigenvalue weighted by Crippen LogP contribution is 2.32. The molecule has 0 spiro atoms. The number of aromatic nitrogens is 3. The Bertz CT molecular complexity index is 1650. The summed E-state index contributed by atoms with van der Waals surface area (Å²) < 4.78 is 18.3. The van der Waals surface area contributed by atoms with Crippen molar-refractivity contribution in [3.8, 4) is 22.9 Å². The first-order chi connectivity index (χ1) is 19.5. The van der Waals surface area contributed by atoms with Crippen LogP contribution < -0.4 is 25.3 Å². The van der Waals surface area contributed by atoms with Crippen molar-refractivity contribution in [3.63, 3.8) is 0 Å². The zero-order valence-corrected chi connectivity index (χ0v) is 22.9. The van der Waals surface area contributed by atoms with E-state index in [4.69, 9.17) is 29.9 Å². The second kappa shape index (κ2) is 11.9. The number of methoxy groups -OCH3 is 2. The van der Waals surface area contributed by atoms with Gasteiger partial charge >= 0.3 is 0 Å². The number of unbranched alkanes of at least 4 members (excludes halogenated alkanes) is 1. The van der Waals surface area contributed by atoms with Crippen LogP contribution >= 0.6 is 0 Å². The topological polar surface area (TPSA) is 114 Å². The number of nitrogens with zero attached hydrogens (tertiary/aromatic N) is 3. The third-order valence-electron chi connectivity index (χ3n) is 6.73. The second-order valence-electron chi connectivity index (χ2n) is 9.37. The Morgan fingerprint density at radius 2 is 1.68 bits per heavy atom. The molecule has 1 amide bonds. The van der Waals surface area contributed by atoms with Gasteiger partial charge < -0.3 is 25.3 Å². The lowest BCUT2D eigenvalue weighted by molar-refractivity contribution is 0.0956. The van der Waals surface area contributed by atoms with E-state index in [1.54, 1.807) is 18.8 Å². The maximum Gasteiger partial charge on any atom is 0.257 e. The molecule has 0 unspecified atom stereocenters. The van der Waals surface area contributed by atoms with Crippen molar-refractivity contribution in [1.29, 1.82) is 0 Å². The first kappa shape index (κ1) is 26.8. The van der Waals surface area contributed by atoms with E-state index in [1.807, 2.05) is 66.7 Å². The number of benzene rings is 3. The molecule has 3 N–H and O–H groups in total. The number of carbonyl (C=O) groups excluding carboxylic acids is 1. The predicted octanol–water partition coefficient (Wildman–Crippen LogP) is 5.32. The van der Waals surface area contributed by atoms with Crippen LogP contribution in [0.1, 0.15) is 35.7 Å². The highest BCUT2D eigenvalue weighted by atomic mass is 16.5. The van der Waals surface area contributed by atoms with Gasteiger partial charge in [0, 0.05) is 12.2 Å². The number of carbonyl (C=O) groups is 1. The summed E-state index contributed by atoms with van der Waals surface area (Å²) in [7, 11) is 3.19. The number of fused-ring (bicyclic) bond motifs is 2. The van der Waals surface area contributed by atoms with Crippen molar-refractivity contribution >= 4 is 33.9 Å². The van der Waals surface area contributed by atoms with Crippen molar-refractivity contribution in [2.24, 2.45) is 0 Å². The van der Waals surface area contributed by atoms with Crippen molar-refractivity contribution in [2.75, 3.05) is 33.1 Å². The first-order valence-corrected chi connectivity index (χ1v) is 13.3. The summed E-state index contributed by atoms with van der Waals surface area (Å²) in [6.45, 7) is 3.18. The van der Waals surface area contributed by atoms with Gasteiger partial charge in [0.15, 0.2) is 17.1 Å². The third kappa shape index (κ3) is 5.36. The Labute approximate surface area is 232 Å². The van der Waals surface area contributed by atoms with E-state index in [9.17, 15) is 4.79 Å². The Hall–Kier alpha value is -4.79. The van der Waals surface area contributed by atoms with Gasteiger partial charge in [-0.1, -0.05) is 31.5 Å². The van der Waals surface area contributed by atoms with Gasteiger partial charge in [-0.15, -0.1) is 0 Å². The Morgan fingerprint density at radius 3 is 2.38 bits per heavy atom.